The zero-order chi connectivity index (χ0) is 50.7. The molecule has 0 aliphatic carbocycles. The van der Waals surface area contributed by atoms with Crippen molar-refractivity contribution in [3.05, 3.63) is 77.9 Å². The van der Waals surface area contributed by atoms with Gasteiger partial charge in [0.25, 0.3) is 0 Å². The van der Waals surface area contributed by atoms with Crippen molar-refractivity contribution in [2.75, 3.05) is 26.2 Å². The Bertz CT molecular complexity index is 2070. The summed E-state index contributed by atoms with van der Waals surface area (Å²) in [6.07, 6.45) is 43.1. The van der Waals surface area contributed by atoms with Crippen LogP contribution in [0.5, 0.6) is 17.2 Å². The molecular formula is C64H95NO6S. The molecule has 1 aliphatic rings. The number of ketones is 1. The van der Waals surface area contributed by atoms with Crippen molar-refractivity contribution in [1.82, 2.24) is 4.90 Å². The fraction of sp³-hybridized carbons (Fsp3) is 0.641. The molecule has 1 fully saturated rings. The minimum atomic E-state index is -0.222. The average molecular weight is 1010 g/mol. The Morgan fingerprint density at radius 1 is 0.472 bits per heavy atom. The quantitative estimate of drug-likeness (QED) is 0.0190. The van der Waals surface area contributed by atoms with Gasteiger partial charge in [-0.1, -0.05) is 200 Å². The summed E-state index contributed by atoms with van der Waals surface area (Å²) in [6, 6.07) is 20.6. The number of hydrogen-bond donors (Lipinski definition) is 0. The van der Waals surface area contributed by atoms with Gasteiger partial charge in [0.05, 0.1) is 0 Å². The molecule has 0 N–H and O–H groups in total. The maximum Gasteiger partial charge on any atom is 0.311 e. The average Bonchev–Trinajstić information content (AvgIpc) is 3.78. The van der Waals surface area contributed by atoms with Gasteiger partial charge in [-0.3, -0.25) is 19.3 Å². The monoisotopic (exact) mass is 1010 g/mol. The van der Waals surface area contributed by atoms with E-state index in [1.54, 1.807) is 6.07 Å². The van der Waals surface area contributed by atoms with E-state index in [1.165, 1.54) is 185 Å². The van der Waals surface area contributed by atoms with Crippen molar-refractivity contribution in [1.29, 1.82) is 0 Å². The Labute approximate surface area is 441 Å². The lowest BCUT2D eigenvalue weighted by molar-refractivity contribution is -0.135. The second kappa shape index (κ2) is 36.8. The van der Waals surface area contributed by atoms with Gasteiger partial charge in [-0.2, -0.15) is 0 Å². The molecule has 0 unspecified atom stereocenters. The van der Waals surface area contributed by atoms with Crippen LogP contribution in [-0.4, -0.2) is 48.9 Å². The van der Waals surface area contributed by atoms with Gasteiger partial charge in [0.1, 0.15) is 23.9 Å². The first-order valence-electron chi connectivity index (χ1n) is 29.5. The highest BCUT2D eigenvalue weighted by Crippen LogP contribution is 2.42. The molecule has 0 radical (unpaired) electrons. The molecule has 1 saturated heterocycles. The predicted molar refractivity (Wildman–Crippen MR) is 303 cm³/mol. The van der Waals surface area contributed by atoms with E-state index in [0.29, 0.717) is 42.1 Å². The molecule has 4 aromatic rings. The molecule has 1 aromatic heterocycles. The zero-order valence-electron chi connectivity index (χ0n) is 45.2. The number of hydrogen-bond acceptors (Lipinski definition) is 8. The smallest absolute Gasteiger partial charge is 0.311 e. The van der Waals surface area contributed by atoms with Crippen molar-refractivity contribution in [2.24, 2.45) is 0 Å². The van der Waals surface area contributed by atoms with Crippen LogP contribution in [0.1, 0.15) is 254 Å². The minimum Gasteiger partial charge on any atom is -0.492 e. The number of rotatable bonds is 41. The van der Waals surface area contributed by atoms with Crippen molar-refractivity contribution in [2.45, 2.75) is 239 Å². The van der Waals surface area contributed by atoms with Gasteiger partial charge in [0.2, 0.25) is 0 Å². The molecule has 0 amide bonds. The Morgan fingerprint density at radius 3 is 1.36 bits per heavy atom. The SMILES string of the molecule is CCCCCCCCCCCCCCCCCC(=O)Oc1ccc(-c2sc3cc(OC(=O)CCCCCCCCCCCCCCCCC)ccc3c2C(=O)c2ccc(OCCN3CCCCC3)cc2)cc1. The predicted octanol–water partition coefficient (Wildman–Crippen LogP) is 19.0. The number of fused-ring (bicyclic) bond motifs is 1. The summed E-state index contributed by atoms with van der Waals surface area (Å²) >= 11 is 1.51. The van der Waals surface area contributed by atoms with Crippen LogP contribution >= 0.6 is 11.3 Å². The topological polar surface area (TPSA) is 82.1 Å². The molecule has 7 nitrogen and oxygen atoms in total. The standard InChI is InChI=1S/C64H95NO6S/c1-3-5-7-9-11-13-15-17-19-21-23-25-27-29-32-36-60(66)70-56-44-40-54(41-45-56)64-62(63(68)53-38-42-55(43-39-53)69-51-50-65-48-34-31-35-49-65)58-47-46-57(52-59(58)72-64)71-61(67)37-33-30-28-26-24-22-20-18-16-14-12-10-8-6-4-2/h38-47,52H,3-37,48-51H2,1-2H3. The van der Waals surface area contributed by atoms with Gasteiger partial charge in [0.15, 0.2) is 5.78 Å². The van der Waals surface area contributed by atoms with Crippen molar-refractivity contribution in [3.63, 3.8) is 0 Å². The number of benzene rings is 3. The van der Waals surface area contributed by atoms with Gasteiger partial charge in [-0.05, 0) is 111 Å². The molecule has 2 heterocycles. The molecule has 0 bridgehead atoms. The maximum atomic E-state index is 14.5. The number of ether oxygens (including phenoxy) is 3. The summed E-state index contributed by atoms with van der Waals surface area (Å²) in [5.74, 6) is 1.21. The molecule has 1 aliphatic heterocycles. The number of carbonyl (C=O) groups excluding carboxylic acids is 3. The van der Waals surface area contributed by atoms with E-state index in [-0.39, 0.29) is 17.7 Å². The summed E-state index contributed by atoms with van der Waals surface area (Å²) in [4.78, 5) is 43.7. The summed E-state index contributed by atoms with van der Waals surface area (Å²) < 4.78 is 18.6. The Hall–Kier alpha value is -4.01. The first-order chi connectivity index (χ1) is 35.4. The van der Waals surface area contributed by atoms with E-state index in [1.807, 2.05) is 60.7 Å². The number of piperidine rings is 1. The van der Waals surface area contributed by atoms with E-state index < -0.39 is 0 Å². The number of likely N-dealkylation sites (tertiary alicyclic amines) is 1. The van der Waals surface area contributed by atoms with E-state index in [0.717, 1.165) is 84.4 Å². The maximum absolute atomic E-state index is 14.5. The molecule has 3 aromatic carbocycles. The summed E-state index contributed by atoms with van der Waals surface area (Å²) in [5, 5.41) is 0.808. The third-order valence-electron chi connectivity index (χ3n) is 14.7. The number of carbonyl (C=O) groups is 3. The molecule has 72 heavy (non-hydrogen) atoms. The Balaban J connectivity index is 1.10. The fourth-order valence-electron chi connectivity index (χ4n) is 10.2. The van der Waals surface area contributed by atoms with Crippen molar-refractivity contribution < 1.29 is 28.6 Å². The molecule has 0 spiro atoms. The highest BCUT2D eigenvalue weighted by atomic mass is 32.1. The molecule has 5 rings (SSSR count). The second-order valence-electron chi connectivity index (χ2n) is 20.9. The van der Waals surface area contributed by atoms with Gasteiger partial charge >= 0.3 is 11.9 Å². The molecule has 8 heteroatoms. The van der Waals surface area contributed by atoms with E-state index in [4.69, 9.17) is 14.2 Å². The summed E-state index contributed by atoms with van der Waals surface area (Å²) in [5.41, 5.74) is 2.02. The van der Waals surface area contributed by atoms with E-state index >= 15 is 0 Å². The first-order valence-corrected chi connectivity index (χ1v) is 30.3. The van der Waals surface area contributed by atoms with E-state index in [9.17, 15) is 14.4 Å². The number of unbranched alkanes of at least 4 members (excludes halogenated alkanes) is 28. The van der Waals surface area contributed by atoms with Crippen molar-refractivity contribution in [3.8, 4) is 27.7 Å². The third kappa shape index (κ3) is 23.5. The normalized spacial score (nSPS) is 12.9. The highest BCUT2D eigenvalue weighted by molar-refractivity contribution is 7.22. The van der Waals surface area contributed by atoms with Gasteiger partial charge in [0, 0.05) is 45.5 Å². The fourth-order valence-corrected chi connectivity index (χ4v) is 11.4. The largest absolute Gasteiger partial charge is 0.492 e. The van der Waals surface area contributed by atoms with Crippen LogP contribution < -0.4 is 14.2 Å². The second-order valence-corrected chi connectivity index (χ2v) is 22.0. The Morgan fingerprint density at radius 2 is 0.889 bits per heavy atom. The van der Waals surface area contributed by atoms with Crippen LogP contribution in [-0.2, 0) is 9.59 Å². The summed E-state index contributed by atoms with van der Waals surface area (Å²) in [6.45, 7) is 8.33. The third-order valence-corrected chi connectivity index (χ3v) is 15.9. The van der Waals surface area contributed by atoms with Crippen LogP contribution in [0.3, 0.4) is 0 Å². The van der Waals surface area contributed by atoms with Gasteiger partial charge in [-0.15, -0.1) is 11.3 Å². The van der Waals surface area contributed by atoms with Crippen LogP contribution in [0, 0.1) is 0 Å². The molecule has 398 valence electrons. The lowest BCUT2D eigenvalue weighted by Gasteiger charge is -2.26. The number of nitrogens with zero attached hydrogens (tertiary/aromatic N) is 1. The molecule has 0 atom stereocenters. The lowest BCUT2D eigenvalue weighted by atomic mass is 9.97. The number of esters is 2. The lowest BCUT2D eigenvalue weighted by Crippen LogP contribution is -2.33. The number of thiophene rings is 1. The van der Waals surface area contributed by atoms with Gasteiger partial charge in [-0.25, -0.2) is 0 Å². The van der Waals surface area contributed by atoms with Crippen LogP contribution in [0.25, 0.3) is 20.5 Å². The van der Waals surface area contributed by atoms with Crippen molar-refractivity contribution >= 4 is 39.1 Å². The minimum absolute atomic E-state index is 0.0898. The highest BCUT2D eigenvalue weighted by Gasteiger charge is 2.23. The van der Waals surface area contributed by atoms with Crippen LogP contribution in [0.15, 0.2) is 66.7 Å². The molecular weight excluding hydrogens is 911 g/mol. The first kappa shape index (κ1) is 58.9. The van der Waals surface area contributed by atoms with Crippen LogP contribution in [0.4, 0.5) is 0 Å². The van der Waals surface area contributed by atoms with E-state index in [2.05, 4.69) is 18.7 Å². The van der Waals surface area contributed by atoms with Gasteiger partial charge < -0.3 is 14.2 Å². The summed E-state index contributed by atoms with van der Waals surface area (Å²) in [7, 11) is 0. The zero-order valence-corrected chi connectivity index (χ0v) is 46.0. The Kier molecular flexibility index (Phi) is 30.1. The van der Waals surface area contributed by atoms with Crippen LogP contribution in [0.2, 0.25) is 0 Å². The molecule has 0 saturated carbocycles.